The fourth-order valence-corrected chi connectivity index (χ4v) is 4.52. The van der Waals surface area contributed by atoms with Gasteiger partial charge in [0.1, 0.15) is 5.82 Å². The van der Waals surface area contributed by atoms with E-state index in [-0.39, 0.29) is 22.2 Å². The Hall–Kier alpha value is -1.89. The molecule has 0 N–H and O–H groups in total. The Morgan fingerprint density at radius 3 is 1.51 bits per heavy atom. The third kappa shape index (κ3) is 11.2. The minimum atomic E-state index is -0.228. The van der Waals surface area contributed by atoms with Gasteiger partial charge in [0.2, 0.25) is 11.8 Å². The lowest BCUT2D eigenvalue weighted by atomic mass is 9.93. The van der Waals surface area contributed by atoms with Crippen LogP contribution in [0.4, 0.5) is 0 Å². The number of hydrogen-bond acceptors (Lipinski definition) is 4. The number of aromatic nitrogens is 2. The van der Waals surface area contributed by atoms with Crippen molar-refractivity contribution < 1.29 is 9.59 Å². The molecular weight excluding hydrogens is 462 g/mol. The molecule has 3 heterocycles. The largest absolute Gasteiger partial charge is 0.342 e. The van der Waals surface area contributed by atoms with Crippen LogP contribution in [0.1, 0.15) is 101 Å². The van der Waals surface area contributed by atoms with Crippen molar-refractivity contribution in [3.8, 4) is 0 Å². The summed E-state index contributed by atoms with van der Waals surface area (Å²) in [7, 11) is 0. The first-order chi connectivity index (χ1) is 17.0. The van der Waals surface area contributed by atoms with Crippen LogP contribution in [0, 0.1) is 10.8 Å². The number of hydrogen-bond donors (Lipinski definition) is 0. The summed E-state index contributed by atoms with van der Waals surface area (Å²) in [6.07, 6.45) is 7.54. The summed E-state index contributed by atoms with van der Waals surface area (Å²) in [6.45, 7) is 30.7. The number of carbonyl (C=O) groups is 2. The van der Waals surface area contributed by atoms with Gasteiger partial charge in [-0.1, -0.05) is 69.2 Å². The first-order valence-electron chi connectivity index (χ1n) is 14.3. The maximum absolute atomic E-state index is 11.9. The quantitative estimate of drug-likeness (QED) is 0.522. The number of piperidine rings is 1. The molecule has 1 aromatic rings. The average Bonchev–Trinajstić information content (AvgIpc) is 3.33. The highest BCUT2D eigenvalue weighted by atomic mass is 16.2. The molecule has 2 fully saturated rings. The molecule has 7 nitrogen and oxygen atoms in total. The molecule has 3 rings (SSSR count). The van der Waals surface area contributed by atoms with Gasteiger partial charge in [-0.15, -0.1) is 0 Å². The van der Waals surface area contributed by atoms with Crippen LogP contribution < -0.4 is 0 Å². The van der Waals surface area contributed by atoms with E-state index in [2.05, 4.69) is 49.1 Å². The van der Waals surface area contributed by atoms with E-state index in [1.807, 2.05) is 63.7 Å². The van der Waals surface area contributed by atoms with Gasteiger partial charge in [0.25, 0.3) is 0 Å². The van der Waals surface area contributed by atoms with Crippen LogP contribution in [-0.2, 0) is 21.5 Å². The summed E-state index contributed by atoms with van der Waals surface area (Å²) < 4.78 is 2.18. The van der Waals surface area contributed by atoms with Gasteiger partial charge in [0.15, 0.2) is 0 Å². The highest BCUT2D eigenvalue weighted by Gasteiger charge is 2.29. The molecule has 7 heteroatoms. The zero-order valence-corrected chi connectivity index (χ0v) is 26.0. The molecule has 0 unspecified atom stereocenters. The Balaban J connectivity index is 0.000000280. The summed E-state index contributed by atoms with van der Waals surface area (Å²) in [5, 5.41) is 0. The molecule has 0 atom stereocenters. The molecule has 2 aliphatic rings. The first kappa shape index (κ1) is 33.1. The molecule has 37 heavy (non-hydrogen) atoms. The Kier molecular flexibility index (Phi) is 12.8. The van der Waals surface area contributed by atoms with Crippen LogP contribution >= 0.6 is 0 Å². The standard InChI is InChI=1S/C11H22N2O.C10H19NO.C9H16N2/c1-5-12-6-8-13(9-7-12)10(14)11(2,3)4;1-10(2,3)9(12)11-7-5-4-6-8-11;1-5-11-7-6-10-8(11)9(2,3)4/h5-9H2,1-4H3;4-8H2,1-3H3;6-7H,5H2,1-4H3. The van der Waals surface area contributed by atoms with Gasteiger partial charge >= 0.3 is 0 Å². The Morgan fingerprint density at radius 2 is 1.16 bits per heavy atom. The zero-order chi connectivity index (χ0) is 28.4. The molecule has 1 aromatic heterocycles. The number of likely N-dealkylation sites (N-methyl/N-ethyl adjacent to an activating group) is 1. The zero-order valence-electron chi connectivity index (χ0n) is 26.0. The smallest absolute Gasteiger partial charge is 0.228 e. The lowest BCUT2D eigenvalue weighted by molar-refractivity contribution is -0.141. The summed E-state index contributed by atoms with van der Waals surface area (Å²) in [4.78, 5) is 34.4. The minimum Gasteiger partial charge on any atom is -0.342 e. The van der Waals surface area contributed by atoms with Gasteiger partial charge in [0, 0.05) is 74.5 Å². The predicted molar refractivity (Wildman–Crippen MR) is 155 cm³/mol. The maximum Gasteiger partial charge on any atom is 0.228 e. The number of likely N-dealkylation sites (tertiary alicyclic amines) is 1. The Bertz CT molecular complexity index is 812. The van der Waals surface area contributed by atoms with E-state index in [1.165, 1.54) is 25.1 Å². The fraction of sp³-hybridized carbons (Fsp3) is 0.833. The molecule has 0 aromatic carbocycles. The van der Waals surface area contributed by atoms with Crippen LogP contribution in [0.15, 0.2) is 12.4 Å². The third-order valence-corrected chi connectivity index (χ3v) is 6.76. The van der Waals surface area contributed by atoms with Gasteiger partial charge in [-0.3, -0.25) is 9.59 Å². The van der Waals surface area contributed by atoms with E-state index in [9.17, 15) is 9.59 Å². The number of rotatable bonds is 2. The second-order valence-electron chi connectivity index (χ2n) is 13.4. The van der Waals surface area contributed by atoms with Crippen LogP contribution in [-0.4, -0.2) is 81.9 Å². The highest BCUT2D eigenvalue weighted by molar-refractivity contribution is 5.82. The Labute approximate surface area is 228 Å². The van der Waals surface area contributed by atoms with Crippen molar-refractivity contribution in [2.24, 2.45) is 10.8 Å². The summed E-state index contributed by atoms with van der Waals surface area (Å²) in [6, 6.07) is 0. The van der Waals surface area contributed by atoms with Crippen molar-refractivity contribution in [2.45, 2.75) is 107 Å². The number of amides is 2. The molecule has 0 saturated carbocycles. The SMILES string of the molecule is CC(C)(C)C(=O)N1CCCCC1.CCN1CCN(C(=O)C(C)(C)C)CC1.CCn1ccnc1C(C)(C)C. The second-order valence-corrected chi connectivity index (χ2v) is 13.4. The van der Waals surface area contributed by atoms with E-state index in [0.717, 1.165) is 52.4 Å². The van der Waals surface area contributed by atoms with Crippen LogP contribution in [0.3, 0.4) is 0 Å². The first-order valence-corrected chi connectivity index (χ1v) is 14.3. The molecule has 2 amide bonds. The monoisotopic (exact) mass is 519 g/mol. The van der Waals surface area contributed by atoms with Gasteiger partial charge in [-0.25, -0.2) is 4.98 Å². The predicted octanol–water partition coefficient (Wildman–Crippen LogP) is 5.44. The van der Waals surface area contributed by atoms with Gasteiger partial charge < -0.3 is 19.3 Å². The van der Waals surface area contributed by atoms with Crippen molar-refractivity contribution in [3.63, 3.8) is 0 Å². The maximum atomic E-state index is 11.9. The highest BCUT2D eigenvalue weighted by Crippen LogP contribution is 2.21. The summed E-state index contributed by atoms with van der Waals surface area (Å²) >= 11 is 0. The lowest BCUT2D eigenvalue weighted by Crippen LogP contribution is -2.51. The van der Waals surface area contributed by atoms with Crippen molar-refractivity contribution >= 4 is 11.8 Å². The average molecular weight is 520 g/mol. The molecule has 0 aliphatic carbocycles. The lowest BCUT2D eigenvalue weighted by Gasteiger charge is -2.37. The second kappa shape index (κ2) is 14.3. The van der Waals surface area contributed by atoms with Crippen molar-refractivity contribution in [3.05, 3.63) is 18.2 Å². The number of aryl methyl sites for hydroxylation is 1. The summed E-state index contributed by atoms with van der Waals surface area (Å²) in [5.41, 5.74) is -0.259. The normalized spacial score (nSPS) is 17.4. The number of carbonyl (C=O) groups excluding carboxylic acids is 2. The van der Waals surface area contributed by atoms with Crippen molar-refractivity contribution in [1.29, 1.82) is 0 Å². The third-order valence-electron chi connectivity index (χ3n) is 6.76. The van der Waals surface area contributed by atoms with Gasteiger partial charge in [-0.05, 0) is 32.7 Å². The molecular formula is C30H57N5O2. The van der Waals surface area contributed by atoms with Gasteiger partial charge in [0.05, 0.1) is 0 Å². The molecule has 0 spiro atoms. The molecule has 0 bridgehead atoms. The van der Waals surface area contributed by atoms with Crippen molar-refractivity contribution in [1.82, 2.24) is 24.3 Å². The topological polar surface area (TPSA) is 61.7 Å². The van der Waals surface area contributed by atoms with E-state index >= 15 is 0 Å². The minimum absolute atomic E-state index is 0.166. The number of nitrogens with zero attached hydrogens (tertiary/aromatic N) is 5. The molecule has 0 radical (unpaired) electrons. The van der Waals surface area contributed by atoms with Crippen LogP contribution in [0.5, 0.6) is 0 Å². The summed E-state index contributed by atoms with van der Waals surface area (Å²) in [5.74, 6) is 1.76. The molecule has 2 aliphatic heterocycles. The van der Waals surface area contributed by atoms with Crippen LogP contribution in [0.2, 0.25) is 0 Å². The van der Waals surface area contributed by atoms with E-state index < -0.39 is 0 Å². The van der Waals surface area contributed by atoms with E-state index in [1.54, 1.807) is 0 Å². The van der Waals surface area contributed by atoms with Crippen molar-refractivity contribution in [2.75, 3.05) is 45.8 Å². The van der Waals surface area contributed by atoms with E-state index in [0.29, 0.717) is 5.91 Å². The van der Waals surface area contributed by atoms with E-state index in [4.69, 9.17) is 0 Å². The van der Waals surface area contributed by atoms with Crippen LogP contribution in [0.25, 0.3) is 0 Å². The number of imidazole rings is 1. The van der Waals surface area contributed by atoms with Gasteiger partial charge in [-0.2, -0.15) is 0 Å². The Morgan fingerprint density at radius 1 is 0.703 bits per heavy atom. The molecule has 214 valence electrons. The number of piperazine rings is 1. The molecule has 2 saturated heterocycles. The fourth-order valence-electron chi connectivity index (χ4n) is 4.52.